The van der Waals surface area contributed by atoms with Gasteiger partial charge in [0.05, 0.1) is 10.7 Å². The van der Waals surface area contributed by atoms with Crippen LogP contribution in [-0.2, 0) is 10.0 Å². The van der Waals surface area contributed by atoms with Crippen molar-refractivity contribution in [1.82, 2.24) is 0 Å². The van der Waals surface area contributed by atoms with E-state index in [1.807, 2.05) is 0 Å². The van der Waals surface area contributed by atoms with Crippen molar-refractivity contribution in [3.63, 3.8) is 0 Å². The van der Waals surface area contributed by atoms with Gasteiger partial charge in [0.25, 0.3) is 10.0 Å². The zero-order valence-corrected chi connectivity index (χ0v) is 12.9. The molecule has 0 fully saturated rings. The molecule has 0 aliphatic rings. The van der Waals surface area contributed by atoms with Gasteiger partial charge in [0.2, 0.25) is 0 Å². The predicted molar refractivity (Wildman–Crippen MR) is 78.0 cm³/mol. The van der Waals surface area contributed by atoms with E-state index in [1.54, 1.807) is 0 Å². The maximum Gasteiger partial charge on any atom is 0.263 e. The third kappa shape index (κ3) is 3.23. The molecule has 4 nitrogen and oxygen atoms in total. The van der Waals surface area contributed by atoms with E-state index in [0.29, 0.717) is 4.47 Å². The molecule has 2 aromatic rings. The van der Waals surface area contributed by atoms with E-state index < -0.39 is 15.8 Å². The minimum Gasteiger partial charge on any atom is -0.508 e. The van der Waals surface area contributed by atoms with Crippen molar-refractivity contribution in [3.8, 4) is 5.75 Å². The molecule has 0 bridgehead atoms. The molecular weight excluding hydrogens is 373 g/mol. The molecule has 2 rings (SSSR count). The van der Waals surface area contributed by atoms with Crippen LogP contribution in [0.1, 0.15) is 0 Å². The lowest BCUT2D eigenvalue weighted by molar-refractivity contribution is 0.469. The maximum atomic E-state index is 13.5. The topological polar surface area (TPSA) is 66.4 Å². The normalized spacial score (nSPS) is 11.3. The smallest absolute Gasteiger partial charge is 0.263 e. The van der Waals surface area contributed by atoms with Crippen LogP contribution in [0.5, 0.6) is 5.75 Å². The Balaban J connectivity index is 2.41. The van der Waals surface area contributed by atoms with E-state index in [1.165, 1.54) is 24.3 Å². The molecule has 0 heterocycles. The third-order valence-corrected chi connectivity index (χ3v) is 4.72. The lowest BCUT2D eigenvalue weighted by Gasteiger charge is -2.10. The quantitative estimate of drug-likeness (QED) is 0.797. The molecule has 0 unspecified atom stereocenters. The Labute approximate surface area is 128 Å². The van der Waals surface area contributed by atoms with Crippen LogP contribution in [0.15, 0.2) is 45.8 Å². The molecule has 0 radical (unpaired) electrons. The number of halogens is 3. The predicted octanol–water partition coefficient (Wildman–Crippen LogP) is 3.75. The van der Waals surface area contributed by atoms with Gasteiger partial charge in [-0.15, -0.1) is 0 Å². The van der Waals surface area contributed by atoms with Gasteiger partial charge in [-0.1, -0.05) is 27.5 Å². The number of rotatable bonds is 3. The number of aromatic hydroxyl groups is 1. The van der Waals surface area contributed by atoms with E-state index in [-0.39, 0.29) is 21.4 Å². The SMILES string of the molecule is O=S(=O)(Nc1ccc(O)cc1F)c1ccc(Br)cc1Cl. The Morgan fingerprint density at radius 2 is 1.90 bits per heavy atom. The number of anilines is 1. The second kappa shape index (κ2) is 5.59. The van der Waals surface area contributed by atoms with Gasteiger partial charge in [-0.05, 0) is 30.3 Å². The molecular formula is C12H8BrClFNO3S. The lowest BCUT2D eigenvalue weighted by atomic mass is 10.3. The fraction of sp³-hybridized carbons (Fsp3) is 0. The number of hydrogen-bond donors (Lipinski definition) is 2. The van der Waals surface area contributed by atoms with Gasteiger partial charge in [-0.3, -0.25) is 4.72 Å². The molecule has 8 heteroatoms. The van der Waals surface area contributed by atoms with Gasteiger partial charge >= 0.3 is 0 Å². The highest BCUT2D eigenvalue weighted by Crippen LogP contribution is 2.28. The van der Waals surface area contributed by atoms with E-state index in [0.717, 1.165) is 12.1 Å². The minimum atomic E-state index is -4.02. The summed E-state index contributed by atoms with van der Waals surface area (Å²) in [6.07, 6.45) is 0. The molecule has 0 aliphatic heterocycles. The van der Waals surface area contributed by atoms with E-state index in [9.17, 15) is 12.8 Å². The van der Waals surface area contributed by atoms with Gasteiger partial charge in [0, 0.05) is 10.5 Å². The maximum absolute atomic E-state index is 13.5. The second-order valence-corrected chi connectivity index (χ2v) is 6.82. The molecule has 0 amide bonds. The molecule has 2 N–H and O–H groups in total. The molecule has 0 atom stereocenters. The number of phenols is 1. The van der Waals surface area contributed by atoms with Gasteiger partial charge in [-0.25, -0.2) is 12.8 Å². The fourth-order valence-electron chi connectivity index (χ4n) is 1.48. The number of nitrogens with one attached hydrogen (secondary N) is 1. The Kier molecular flexibility index (Phi) is 4.22. The highest BCUT2D eigenvalue weighted by molar-refractivity contribution is 9.10. The van der Waals surface area contributed by atoms with E-state index in [2.05, 4.69) is 20.7 Å². The van der Waals surface area contributed by atoms with Crippen LogP contribution < -0.4 is 4.72 Å². The first kappa shape index (κ1) is 15.1. The van der Waals surface area contributed by atoms with Crippen LogP contribution in [0.4, 0.5) is 10.1 Å². The Morgan fingerprint density at radius 1 is 1.20 bits per heavy atom. The van der Waals surface area contributed by atoms with Crippen molar-refractivity contribution in [1.29, 1.82) is 0 Å². The highest BCUT2D eigenvalue weighted by Gasteiger charge is 2.19. The first-order valence-corrected chi connectivity index (χ1v) is 7.91. The standard InChI is InChI=1S/C12H8BrClFNO3S/c13-7-1-4-12(9(14)5-7)20(18,19)16-11-3-2-8(17)6-10(11)15/h1-6,16-17H. The van der Waals surface area contributed by atoms with E-state index >= 15 is 0 Å². The summed E-state index contributed by atoms with van der Waals surface area (Å²) in [5, 5.41) is 9.09. The van der Waals surface area contributed by atoms with Crippen LogP contribution in [-0.4, -0.2) is 13.5 Å². The molecule has 0 aromatic heterocycles. The van der Waals surface area contributed by atoms with Crippen molar-refractivity contribution in [2.45, 2.75) is 4.90 Å². The summed E-state index contributed by atoms with van der Waals surface area (Å²) in [6.45, 7) is 0. The molecule has 20 heavy (non-hydrogen) atoms. The van der Waals surface area contributed by atoms with Crippen LogP contribution >= 0.6 is 27.5 Å². The summed E-state index contributed by atoms with van der Waals surface area (Å²) in [6, 6.07) is 7.32. The van der Waals surface area contributed by atoms with E-state index in [4.69, 9.17) is 16.7 Å². The summed E-state index contributed by atoms with van der Waals surface area (Å²) in [5.41, 5.74) is -0.276. The van der Waals surface area contributed by atoms with Crippen molar-refractivity contribution >= 4 is 43.2 Å². The molecule has 2 aromatic carbocycles. The second-order valence-electron chi connectivity index (χ2n) is 3.84. The van der Waals surface area contributed by atoms with Crippen molar-refractivity contribution in [2.24, 2.45) is 0 Å². The van der Waals surface area contributed by atoms with Gasteiger partial charge in [0.15, 0.2) is 5.82 Å². The van der Waals surface area contributed by atoms with Crippen molar-refractivity contribution in [2.75, 3.05) is 4.72 Å². The monoisotopic (exact) mass is 379 g/mol. The summed E-state index contributed by atoms with van der Waals surface area (Å²) in [5.74, 6) is -1.19. The summed E-state index contributed by atoms with van der Waals surface area (Å²) >= 11 is 9.02. The third-order valence-electron chi connectivity index (χ3n) is 2.38. The summed E-state index contributed by atoms with van der Waals surface area (Å²) in [4.78, 5) is -0.171. The average Bonchev–Trinajstić information content (AvgIpc) is 2.32. The molecule has 0 spiro atoms. The minimum absolute atomic E-state index is 0.00561. The van der Waals surface area contributed by atoms with Crippen molar-refractivity contribution in [3.05, 3.63) is 51.7 Å². The molecule has 0 saturated heterocycles. The average molecular weight is 381 g/mol. The number of benzene rings is 2. The largest absolute Gasteiger partial charge is 0.508 e. The van der Waals surface area contributed by atoms with Gasteiger partial charge in [0.1, 0.15) is 10.6 Å². The summed E-state index contributed by atoms with van der Waals surface area (Å²) < 4.78 is 40.5. The van der Waals surface area contributed by atoms with Crippen LogP contribution in [0.25, 0.3) is 0 Å². The molecule has 0 saturated carbocycles. The molecule has 106 valence electrons. The first-order valence-electron chi connectivity index (χ1n) is 5.26. The van der Waals surface area contributed by atoms with Crippen LogP contribution in [0, 0.1) is 5.82 Å². The van der Waals surface area contributed by atoms with Gasteiger partial charge in [-0.2, -0.15) is 0 Å². The van der Waals surface area contributed by atoms with Crippen molar-refractivity contribution < 1.29 is 17.9 Å². The Hall–Kier alpha value is -1.31. The highest BCUT2D eigenvalue weighted by atomic mass is 79.9. The number of sulfonamides is 1. The Bertz CT molecular complexity index is 767. The lowest BCUT2D eigenvalue weighted by Crippen LogP contribution is -2.14. The zero-order chi connectivity index (χ0) is 14.9. The van der Waals surface area contributed by atoms with Gasteiger partial charge < -0.3 is 5.11 Å². The number of phenolic OH excluding ortho intramolecular Hbond substituents is 1. The van der Waals surface area contributed by atoms with Crippen LogP contribution in [0.3, 0.4) is 0 Å². The molecule has 0 aliphatic carbocycles. The first-order chi connectivity index (χ1) is 9.29. The number of hydrogen-bond acceptors (Lipinski definition) is 3. The van der Waals surface area contributed by atoms with Crippen LogP contribution in [0.2, 0.25) is 5.02 Å². The Morgan fingerprint density at radius 3 is 2.50 bits per heavy atom. The summed E-state index contributed by atoms with van der Waals surface area (Å²) in [7, 11) is -4.02. The zero-order valence-electron chi connectivity index (χ0n) is 9.77. The fourth-order valence-corrected chi connectivity index (χ4v) is 3.59.